The first kappa shape index (κ1) is 16.9. The lowest BCUT2D eigenvalue weighted by Crippen LogP contribution is -2.61. The lowest BCUT2D eigenvalue weighted by molar-refractivity contribution is -0.155. The number of hydrogen-bond donors (Lipinski definition) is 1. The highest BCUT2D eigenvalue weighted by atomic mass is 79.9. The summed E-state index contributed by atoms with van der Waals surface area (Å²) in [5.41, 5.74) is 0.777. The second kappa shape index (κ2) is 5.88. The number of aromatic hydroxyl groups is 1. The Kier molecular flexibility index (Phi) is 3.83. The molecule has 0 spiro atoms. The molecule has 0 radical (unpaired) electrons. The number of halogens is 1. The van der Waals surface area contributed by atoms with Crippen LogP contribution in [0, 0.1) is 17.3 Å². The smallest absolute Gasteiger partial charge is 0.228 e. The zero-order valence-corrected chi connectivity index (χ0v) is 16.7. The van der Waals surface area contributed by atoms with Crippen LogP contribution in [-0.4, -0.2) is 46.4 Å². The Morgan fingerprint density at radius 3 is 2.31 bits per heavy atom. The van der Waals surface area contributed by atoms with Crippen molar-refractivity contribution in [2.24, 2.45) is 17.3 Å². The van der Waals surface area contributed by atoms with E-state index in [1.807, 2.05) is 18.2 Å². The number of benzene rings is 1. The van der Waals surface area contributed by atoms with Gasteiger partial charge in [0.15, 0.2) is 0 Å². The summed E-state index contributed by atoms with van der Waals surface area (Å²) < 4.78 is 0.227. The van der Waals surface area contributed by atoms with Crippen molar-refractivity contribution in [3.63, 3.8) is 0 Å². The number of para-hydroxylation sites is 2. The monoisotopic (exact) mass is 418 g/mol. The van der Waals surface area contributed by atoms with Gasteiger partial charge in [-0.2, -0.15) is 0 Å². The van der Waals surface area contributed by atoms with Crippen molar-refractivity contribution in [1.29, 1.82) is 0 Å². The summed E-state index contributed by atoms with van der Waals surface area (Å²) in [4.78, 5) is 17.9. The highest BCUT2D eigenvalue weighted by molar-refractivity contribution is 9.10. The fraction of sp³-hybridized carbons (Fsp3) is 0.667. The Hall–Kier alpha value is -1.23. The summed E-state index contributed by atoms with van der Waals surface area (Å²) in [5, 5.41) is 10.1. The van der Waals surface area contributed by atoms with Gasteiger partial charge in [0.05, 0.1) is 11.1 Å². The average Bonchev–Trinajstić information content (AvgIpc) is 2.60. The molecule has 0 aromatic heterocycles. The van der Waals surface area contributed by atoms with Crippen LogP contribution in [0.15, 0.2) is 24.3 Å². The van der Waals surface area contributed by atoms with Gasteiger partial charge in [-0.15, -0.1) is 0 Å². The van der Waals surface area contributed by atoms with E-state index in [9.17, 15) is 9.90 Å². The van der Waals surface area contributed by atoms with Gasteiger partial charge < -0.3 is 14.9 Å². The fourth-order valence-electron chi connectivity index (χ4n) is 6.62. The van der Waals surface area contributed by atoms with Crippen molar-refractivity contribution in [1.82, 2.24) is 4.90 Å². The third-order valence-electron chi connectivity index (χ3n) is 7.23. The van der Waals surface area contributed by atoms with Crippen LogP contribution in [0.25, 0.3) is 0 Å². The third-order valence-corrected chi connectivity index (χ3v) is 8.16. The van der Waals surface area contributed by atoms with Gasteiger partial charge in [0, 0.05) is 30.5 Å². The van der Waals surface area contributed by atoms with Gasteiger partial charge in [0.25, 0.3) is 0 Å². The molecule has 4 bridgehead atoms. The largest absolute Gasteiger partial charge is 0.506 e. The number of alkyl halides is 1. The molecular formula is C21H27BrN2O2. The van der Waals surface area contributed by atoms with Crippen LogP contribution in [0.5, 0.6) is 5.75 Å². The molecule has 1 amide bonds. The topological polar surface area (TPSA) is 43.8 Å². The van der Waals surface area contributed by atoms with E-state index in [0.29, 0.717) is 11.7 Å². The summed E-state index contributed by atoms with van der Waals surface area (Å²) in [6, 6.07) is 7.50. The second-order valence-corrected chi connectivity index (χ2v) is 10.8. The molecule has 5 aliphatic rings. The van der Waals surface area contributed by atoms with Crippen molar-refractivity contribution >= 4 is 27.5 Å². The quantitative estimate of drug-likeness (QED) is 0.743. The minimum absolute atomic E-state index is 0.107. The van der Waals surface area contributed by atoms with Crippen molar-refractivity contribution in [3.05, 3.63) is 24.3 Å². The van der Waals surface area contributed by atoms with Gasteiger partial charge in [-0.05, 0) is 62.5 Å². The SMILES string of the molecule is O=C(N1CCN(c2ccccc2O)CC1)C12CC3CC(CC(Br)(C3)C1)C2. The molecule has 1 heterocycles. The number of carbonyl (C=O) groups excluding carboxylic acids is 1. The van der Waals surface area contributed by atoms with Crippen LogP contribution >= 0.6 is 15.9 Å². The molecule has 1 aromatic carbocycles. The first-order valence-electron chi connectivity index (χ1n) is 9.98. The summed E-state index contributed by atoms with van der Waals surface area (Å²) in [7, 11) is 0. The van der Waals surface area contributed by atoms with Gasteiger partial charge in [-0.25, -0.2) is 0 Å². The number of anilines is 1. The van der Waals surface area contributed by atoms with Gasteiger partial charge in [-0.3, -0.25) is 4.79 Å². The summed E-state index contributed by atoms with van der Waals surface area (Å²) in [6.07, 6.45) is 7.11. The predicted molar refractivity (Wildman–Crippen MR) is 106 cm³/mol. The number of phenolic OH excluding ortho intramolecular Hbond substituents is 1. The van der Waals surface area contributed by atoms with E-state index in [4.69, 9.17) is 0 Å². The Labute approximate surface area is 163 Å². The summed E-state index contributed by atoms with van der Waals surface area (Å²) in [5.74, 6) is 2.21. The molecule has 5 heteroatoms. The first-order chi connectivity index (χ1) is 12.5. The number of rotatable bonds is 2. The standard InChI is InChI=1S/C21H27BrN2O2/c22-21-12-15-9-16(13-21)11-20(10-15,14-21)19(26)24-7-5-23(6-8-24)17-3-1-2-4-18(17)25/h1-4,15-16,25H,5-14H2. The molecule has 4 saturated carbocycles. The van der Waals surface area contributed by atoms with Crippen molar-refractivity contribution in [2.75, 3.05) is 31.1 Å². The Morgan fingerprint density at radius 2 is 1.69 bits per heavy atom. The van der Waals surface area contributed by atoms with Gasteiger partial charge in [0.1, 0.15) is 5.75 Å². The van der Waals surface area contributed by atoms with Gasteiger partial charge >= 0.3 is 0 Å². The maximum atomic E-state index is 13.5. The molecule has 140 valence electrons. The van der Waals surface area contributed by atoms with Crippen molar-refractivity contribution < 1.29 is 9.90 Å². The second-order valence-electron chi connectivity index (χ2n) is 9.16. The van der Waals surface area contributed by atoms with E-state index in [0.717, 1.165) is 63.0 Å². The Morgan fingerprint density at radius 1 is 1.04 bits per heavy atom. The molecule has 1 N–H and O–H groups in total. The molecule has 5 fully saturated rings. The molecule has 1 aliphatic heterocycles. The molecule has 6 rings (SSSR count). The number of carbonyl (C=O) groups is 1. The molecule has 2 atom stereocenters. The number of nitrogens with zero attached hydrogens (tertiary/aromatic N) is 2. The molecule has 4 aliphatic carbocycles. The predicted octanol–water partition coefficient (Wildman–Crippen LogP) is 3.77. The van der Waals surface area contributed by atoms with E-state index in [-0.39, 0.29) is 9.74 Å². The Balaban J connectivity index is 1.30. The highest BCUT2D eigenvalue weighted by Crippen LogP contribution is 2.64. The zero-order chi connectivity index (χ0) is 17.9. The van der Waals surface area contributed by atoms with Gasteiger partial charge in [0.2, 0.25) is 5.91 Å². The lowest BCUT2D eigenvalue weighted by atomic mass is 9.49. The molecule has 2 unspecified atom stereocenters. The number of hydrogen-bond acceptors (Lipinski definition) is 3. The molecular weight excluding hydrogens is 392 g/mol. The number of phenols is 1. The van der Waals surface area contributed by atoms with Crippen LogP contribution < -0.4 is 4.90 Å². The van der Waals surface area contributed by atoms with E-state index >= 15 is 0 Å². The first-order valence-corrected chi connectivity index (χ1v) is 10.8. The van der Waals surface area contributed by atoms with Crippen LogP contribution in [0.4, 0.5) is 5.69 Å². The minimum Gasteiger partial charge on any atom is -0.506 e. The molecule has 26 heavy (non-hydrogen) atoms. The van der Waals surface area contributed by atoms with E-state index in [2.05, 4.69) is 25.7 Å². The average molecular weight is 419 g/mol. The van der Waals surface area contributed by atoms with Crippen LogP contribution in [0.1, 0.15) is 38.5 Å². The number of amides is 1. The maximum absolute atomic E-state index is 13.5. The van der Waals surface area contributed by atoms with Crippen LogP contribution in [0.2, 0.25) is 0 Å². The van der Waals surface area contributed by atoms with Crippen LogP contribution in [0.3, 0.4) is 0 Å². The zero-order valence-electron chi connectivity index (χ0n) is 15.2. The molecule has 1 aromatic rings. The van der Waals surface area contributed by atoms with Gasteiger partial charge in [-0.1, -0.05) is 28.1 Å². The lowest BCUT2D eigenvalue weighted by Gasteiger charge is -2.60. The van der Waals surface area contributed by atoms with Crippen molar-refractivity contribution in [2.45, 2.75) is 42.8 Å². The summed E-state index contributed by atoms with van der Waals surface area (Å²) >= 11 is 4.03. The Bertz CT molecular complexity index is 714. The van der Waals surface area contributed by atoms with E-state index in [1.165, 1.54) is 19.3 Å². The molecule has 1 saturated heterocycles. The highest BCUT2D eigenvalue weighted by Gasteiger charge is 2.60. The van der Waals surface area contributed by atoms with E-state index < -0.39 is 0 Å². The van der Waals surface area contributed by atoms with E-state index in [1.54, 1.807) is 6.07 Å². The normalized spacial score (nSPS) is 38.7. The fourth-order valence-corrected chi connectivity index (χ4v) is 8.07. The summed E-state index contributed by atoms with van der Waals surface area (Å²) in [6.45, 7) is 3.12. The molecule has 4 nitrogen and oxygen atoms in total. The third kappa shape index (κ3) is 2.65. The van der Waals surface area contributed by atoms with Crippen LogP contribution in [-0.2, 0) is 4.79 Å². The maximum Gasteiger partial charge on any atom is 0.228 e. The number of piperazine rings is 1. The minimum atomic E-state index is -0.107. The van der Waals surface area contributed by atoms with Crippen molar-refractivity contribution in [3.8, 4) is 5.75 Å².